The Morgan fingerprint density at radius 3 is 2.36 bits per heavy atom. The molecular formula is C25H34Cl2N4O2. The summed E-state index contributed by atoms with van der Waals surface area (Å²) in [5, 5.41) is 8.54. The molecule has 0 radical (unpaired) electrons. The Balaban J connectivity index is 1.84. The quantitative estimate of drug-likeness (QED) is 0.519. The lowest BCUT2D eigenvalue weighted by Gasteiger charge is -2.31. The van der Waals surface area contributed by atoms with E-state index < -0.39 is 0 Å². The zero-order chi connectivity index (χ0) is 24.3. The smallest absolute Gasteiger partial charge is 0.245 e. The number of aromatic nitrogens is 2. The molecular weight excluding hydrogens is 459 g/mol. The van der Waals surface area contributed by atoms with E-state index in [1.165, 1.54) is 6.42 Å². The maximum absolute atomic E-state index is 13.1. The van der Waals surface area contributed by atoms with E-state index in [9.17, 15) is 9.59 Å². The van der Waals surface area contributed by atoms with Crippen molar-refractivity contribution in [2.24, 2.45) is 5.92 Å². The topological polar surface area (TPSA) is 67.2 Å². The molecule has 1 heterocycles. The average molecular weight is 493 g/mol. The van der Waals surface area contributed by atoms with E-state index in [0.717, 1.165) is 31.4 Å². The van der Waals surface area contributed by atoms with Crippen molar-refractivity contribution < 1.29 is 9.59 Å². The Kier molecular flexibility index (Phi) is 8.12. The van der Waals surface area contributed by atoms with Gasteiger partial charge in [-0.05, 0) is 44.9 Å². The molecule has 1 aromatic heterocycles. The standard InChI is InChI=1S/C25H34Cl2N4O2/c1-16(2)30(24(33)17-9-7-6-8-10-17)15-23(32)28-22-14-21(25(3,4)5)29-31(22)18-11-12-19(26)20(27)13-18/h11-14,16-17H,6-10,15H2,1-5H3,(H,28,32). The van der Waals surface area contributed by atoms with E-state index in [2.05, 4.69) is 26.1 Å². The van der Waals surface area contributed by atoms with E-state index >= 15 is 0 Å². The molecule has 2 aromatic rings. The van der Waals surface area contributed by atoms with Crippen molar-refractivity contribution in [2.75, 3.05) is 11.9 Å². The lowest BCUT2D eigenvalue weighted by atomic mass is 9.88. The maximum atomic E-state index is 13.1. The molecule has 1 aromatic carbocycles. The Hall–Kier alpha value is -2.05. The Morgan fingerprint density at radius 2 is 1.79 bits per heavy atom. The second-order valence-corrected chi connectivity index (χ2v) is 10.9. The van der Waals surface area contributed by atoms with Crippen molar-refractivity contribution in [2.45, 2.75) is 78.2 Å². The first-order valence-electron chi connectivity index (χ1n) is 11.6. The highest BCUT2D eigenvalue weighted by molar-refractivity contribution is 6.42. The van der Waals surface area contributed by atoms with Crippen LogP contribution in [-0.2, 0) is 15.0 Å². The van der Waals surface area contributed by atoms with Crippen LogP contribution in [0.3, 0.4) is 0 Å². The Morgan fingerprint density at radius 1 is 1.12 bits per heavy atom. The summed E-state index contributed by atoms with van der Waals surface area (Å²) in [6.45, 7) is 10.1. The van der Waals surface area contributed by atoms with Gasteiger partial charge in [0.15, 0.2) is 0 Å². The average Bonchev–Trinajstić information content (AvgIpc) is 3.18. The first-order chi connectivity index (χ1) is 15.5. The molecule has 180 valence electrons. The molecule has 8 heteroatoms. The van der Waals surface area contributed by atoms with Crippen LogP contribution in [0.4, 0.5) is 5.82 Å². The molecule has 1 aliphatic carbocycles. The normalized spacial score (nSPS) is 15.0. The second kappa shape index (κ2) is 10.5. The van der Waals surface area contributed by atoms with Crippen molar-refractivity contribution in [3.8, 4) is 5.69 Å². The van der Waals surface area contributed by atoms with E-state index in [0.29, 0.717) is 21.6 Å². The minimum absolute atomic E-state index is 0.00437. The van der Waals surface area contributed by atoms with Crippen molar-refractivity contribution in [1.82, 2.24) is 14.7 Å². The lowest BCUT2D eigenvalue weighted by molar-refractivity contribution is -0.141. The summed E-state index contributed by atoms with van der Waals surface area (Å²) < 4.78 is 1.66. The number of nitrogens with one attached hydrogen (secondary N) is 1. The molecule has 1 saturated carbocycles. The molecule has 33 heavy (non-hydrogen) atoms. The molecule has 6 nitrogen and oxygen atoms in total. The van der Waals surface area contributed by atoms with Gasteiger partial charge in [-0.3, -0.25) is 9.59 Å². The van der Waals surface area contributed by atoms with Gasteiger partial charge < -0.3 is 10.2 Å². The Labute approximate surface area is 206 Å². The summed E-state index contributed by atoms with van der Waals surface area (Å²) >= 11 is 12.3. The minimum Gasteiger partial charge on any atom is -0.331 e. The van der Waals surface area contributed by atoms with E-state index in [1.54, 1.807) is 27.8 Å². The first kappa shape index (κ1) is 25.6. The van der Waals surface area contributed by atoms with Gasteiger partial charge in [0.1, 0.15) is 12.4 Å². The van der Waals surface area contributed by atoms with Crippen LogP contribution in [0, 0.1) is 5.92 Å². The molecule has 1 fully saturated rings. The van der Waals surface area contributed by atoms with Gasteiger partial charge in [0.25, 0.3) is 0 Å². The summed E-state index contributed by atoms with van der Waals surface area (Å²) in [7, 11) is 0. The molecule has 0 bridgehead atoms. The van der Waals surface area contributed by atoms with E-state index in [4.69, 9.17) is 28.3 Å². The van der Waals surface area contributed by atoms with Crippen LogP contribution in [0.15, 0.2) is 24.3 Å². The largest absolute Gasteiger partial charge is 0.331 e. The lowest BCUT2D eigenvalue weighted by Crippen LogP contribution is -2.45. The molecule has 3 rings (SSSR count). The summed E-state index contributed by atoms with van der Waals surface area (Å²) in [6, 6.07) is 7.02. The van der Waals surface area contributed by atoms with Crippen molar-refractivity contribution in [3.05, 3.63) is 40.0 Å². The van der Waals surface area contributed by atoms with Crippen LogP contribution in [0.5, 0.6) is 0 Å². The molecule has 0 unspecified atom stereocenters. The third kappa shape index (κ3) is 6.30. The van der Waals surface area contributed by atoms with Gasteiger partial charge in [0, 0.05) is 23.4 Å². The number of amides is 2. The molecule has 2 amide bonds. The number of benzene rings is 1. The molecule has 0 atom stereocenters. The third-order valence-corrected chi connectivity index (χ3v) is 6.81. The Bertz CT molecular complexity index is 1000. The fraction of sp³-hybridized carbons (Fsp3) is 0.560. The molecule has 0 spiro atoms. The van der Waals surface area contributed by atoms with Crippen LogP contribution < -0.4 is 5.32 Å². The second-order valence-electron chi connectivity index (χ2n) is 10.1. The summed E-state index contributed by atoms with van der Waals surface area (Å²) in [5.41, 5.74) is 1.29. The first-order valence-corrected chi connectivity index (χ1v) is 12.4. The van der Waals surface area contributed by atoms with Gasteiger partial charge in [-0.1, -0.05) is 63.2 Å². The summed E-state index contributed by atoms with van der Waals surface area (Å²) in [5.74, 6) is 0.364. The number of nitrogens with zero attached hydrogens (tertiary/aromatic N) is 3. The fourth-order valence-corrected chi connectivity index (χ4v) is 4.38. The van der Waals surface area contributed by atoms with Crippen molar-refractivity contribution in [3.63, 3.8) is 0 Å². The molecule has 0 aliphatic heterocycles. The minimum atomic E-state index is -0.255. The number of carbonyl (C=O) groups excluding carboxylic acids is 2. The monoisotopic (exact) mass is 492 g/mol. The maximum Gasteiger partial charge on any atom is 0.245 e. The fourth-order valence-electron chi connectivity index (χ4n) is 4.09. The number of hydrogen-bond acceptors (Lipinski definition) is 3. The molecule has 1 aliphatic rings. The highest BCUT2D eigenvalue weighted by atomic mass is 35.5. The van der Waals surface area contributed by atoms with E-state index in [-0.39, 0.29) is 35.7 Å². The zero-order valence-electron chi connectivity index (χ0n) is 20.1. The highest BCUT2D eigenvalue weighted by Gasteiger charge is 2.29. The number of hydrogen-bond donors (Lipinski definition) is 1. The summed E-state index contributed by atoms with van der Waals surface area (Å²) in [4.78, 5) is 27.9. The van der Waals surface area contributed by atoms with Crippen LogP contribution in [0.25, 0.3) is 5.69 Å². The van der Waals surface area contributed by atoms with Gasteiger partial charge >= 0.3 is 0 Å². The van der Waals surface area contributed by atoms with Crippen LogP contribution in [0.2, 0.25) is 10.0 Å². The summed E-state index contributed by atoms with van der Waals surface area (Å²) in [6.07, 6.45) is 5.14. The number of anilines is 1. The van der Waals surface area contributed by atoms with Gasteiger partial charge in [-0.2, -0.15) is 5.10 Å². The van der Waals surface area contributed by atoms with Crippen LogP contribution in [-0.4, -0.2) is 39.1 Å². The molecule has 0 saturated heterocycles. The molecule has 1 N–H and O–H groups in total. The van der Waals surface area contributed by atoms with Gasteiger partial charge in [0.05, 0.1) is 21.4 Å². The van der Waals surface area contributed by atoms with E-state index in [1.807, 2.05) is 19.9 Å². The highest BCUT2D eigenvalue weighted by Crippen LogP contribution is 2.30. The van der Waals surface area contributed by atoms with Crippen molar-refractivity contribution >= 4 is 40.8 Å². The van der Waals surface area contributed by atoms with Crippen LogP contribution in [0.1, 0.15) is 72.4 Å². The SMILES string of the molecule is CC(C)N(CC(=O)Nc1cc(C(C)(C)C)nn1-c1ccc(Cl)c(Cl)c1)C(=O)C1CCCCC1. The predicted molar refractivity (Wildman–Crippen MR) is 134 cm³/mol. The third-order valence-electron chi connectivity index (χ3n) is 6.07. The van der Waals surface area contributed by atoms with Gasteiger partial charge in [0.2, 0.25) is 11.8 Å². The van der Waals surface area contributed by atoms with Crippen molar-refractivity contribution in [1.29, 1.82) is 0 Å². The van der Waals surface area contributed by atoms with Crippen LogP contribution >= 0.6 is 23.2 Å². The number of carbonyl (C=O) groups is 2. The van der Waals surface area contributed by atoms with Gasteiger partial charge in [-0.25, -0.2) is 4.68 Å². The number of rotatable bonds is 6. The van der Waals surface area contributed by atoms with Gasteiger partial charge in [-0.15, -0.1) is 0 Å². The zero-order valence-corrected chi connectivity index (χ0v) is 21.6. The number of halogens is 2. The predicted octanol–water partition coefficient (Wildman–Crippen LogP) is 6.23.